The molecule has 3 rings (SSSR count). The number of anilines is 1. The van der Waals surface area contributed by atoms with Crippen molar-refractivity contribution in [2.75, 3.05) is 18.5 Å². The first-order valence-electron chi connectivity index (χ1n) is 14.9. The molecule has 1 amide bonds. The summed E-state index contributed by atoms with van der Waals surface area (Å²) >= 11 is 1.71. The third-order valence-corrected chi connectivity index (χ3v) is 7.84. The van der Waals surface area contributed by atoms with E-state index in [-0.39, 0.29) is 24.0 Å². The molecule has 2 aromatic carbocycles. The molecule has 0 bridgehead atoms. The third-order valence-electron chi connectivity index (χ3n) is 7.01. The van der Waals surface area contributed by atoms with E-state index in [9.17, 15) is 9.18 Å². The van der Waals surface area contributed by atoms with Crippen LogP contribution in [0, 0.1) is 12.7 Å². The SMILES string of the molecule is CCCCCCCCCCCCCCOc1c(F)cccc1OCC(=O)Nc1ccc(C[n+]2ccsc2C)cc1. The summed E-state index contributed by atoms with van der Waals surface area (Å²) < 4.78 is 28.0. The first-order valence-corrected chi connectivity index (χ1v) is 15.8. The van der Waals surface area contributed by atoms with Crippen molar-refractivity contribution >= 4 is 22.9 Å². The molecule has 0 aliphatic heterocycles. The molecule has 3 aromatic rings. The van der Waals surface area contributed by atoms with Crippen LogP contribution in [-0.4, -0.2) is 19.1 Å². The van der Waals surface area contributed by atoms with Crippen molar-refractivity contribution in [1.29, 1.82) is 0 Å². The summed E-state index contributed by atoms with van der Waals surface area (Å²) in [7, 11) is 0. The number of carbonyl (C=O) groups is 1. The molecule has 1 N–H and O–H groups in total. The molecule has 0 saturated heterocycles. The van der Waals surface area contributed by atoms with Crippen LogP contribution in [0.15, 0.2) is 54.0 Å². The van der Waals surface area contributed by atoms with Crippen molar-refractivity contribution in [2.45, 2.75) is 97.4 Å². The van der Waals surface area contributed by atoms with Gasteiger partial charge in [-0.3, -0.25) is 4.79 Å². The van der Waals surface area contributed by atoms with E-state index in [1.807, 2.05) is 24.3 Å². The van der Waals surface area contributed by atoms with Crippen LogP contribution in [-0.2, 0) is 11.3 Å². The minimum atomic E-state index is -0.480. The van der Waals surface area contributed by atoms with Crippen LogP contribution in [0.3, 0.4) is 0 Å². The number of nitrogens with one attached hydrogen (secondary N) is 1. The number of unbranched alkanes of at least 4 members (excludes halogenated alkanes) is 11. The predicted molar refractivity (Wildman–Crippen MR) is 162 cm³/mol. The van der Waals surface area contributed by atoms with Crippen molar-refractivity contribution in [3.8, 4) is 11.5 Å². The second-order valence-electron chi connectivity index (χ2n) is 10.4. The quantitative estimate of drug-likeness (QED) is 0.109. The maximum absolute atomic E-state index is 14.5. The minimum absolute atomic E-state index is 0.0731. The van der Waals surface area contributed by atoms with Gasteiger partial charge in [0.25, 0.3) is 5.91 Å². The van der Waals surface area contributed by atoms with E-state index in [2.05, 4.69) is 35.3 Å². The monoisotopic (exact) mass is 569 g/mol. The van der Waals surface area contributed by atoms with Gasteiger partial charge in [-0.15, -0.1) is 0 Å². The van der Waals surface area contributed by atoms with Gasteiger partial charge in [-0.25, -0.2) is 4.39 Å². The normalized spacial score (nSPS) is 11.0. The molecule has 0 aliphatic rings. The highest BCUT2D eigenvalue weighted by Gasteiger charge is 2.14. The number of aryl methyl sites for hydroxylation is 1. The van der Waals surface area contributed by atoms with Crippen LogP contribution < -0.4 is 19.4 Å². The van der Waals surface area contributed by atoms with E-state index in [1.54, 1.807) is 23.5 Å². The number of benzene rings is 2. The average Bonchev–Trinajstić information content (AvgIpc) is 3.36. The van der Waals surface area contributed by atoms with Crippen LogP contribution in [0.2, 0.25) is 0 Å². The first-order chi connectivity index (χ1) is 19.6. The van der Waals surface area contributed by atoms with Gasteiger partial charge < -0.3 is 14.8 Å². The Morgan fingerprint density at radius 3 is 2.15 bits per heavy atom. The lowest BCUT2D eigenvalue weighted by Gasteiger charge is -2.13. The van der Waals surface area contributed by atoms with Gasteiger partial charge in [0.15, 0.2) is 36.7 Å². The van der Waals surface area contributed by atoms with Gasteiger partial charge in [-0.05, 0) is 30.7 Å². The van der Waals surface area contributed by atoms with Gasteiger partial charge in [0, 0.05) is 18.2 Å². The molecule has 1 aromatic heterocycles. The lowest BCUT2D eigenvalue weighted by molar-refractivity contribution is -0.689. The topological polar surface area (TPSA) is 51.4 Å². The van der Waals surface area contributed by atoms with E-state index < -0.39 is 5.82 Å². The molecule has 0 atom stereocenters. The fourth-order valence-corrected chi connectivity index (χ4v) is 5.30. The van der Waals surface area contributed by atoms with E-state index in [0.717, 1.165) is 24.9 Å². The van der Waals surface area contributed by atoms with Gasteiger partial charge in [0.05, 0.1) is 12.0 Å². The number of hydrogen-bond donors (Lipinski definition) is 1. The molecular weight excluding hydrogens is 523 g/mol. The molecule has 0 aliphatic carbocycles. The standard InChI is InChI=1S/C33H45FN2O3S/c1-3-4-5-6-7-8-9-10-11-12-13-14-23-38-33-30(34)16-15-17-31(33)39-26-32(37)35-29-20-18-28(19-21-29)25-36-22-24-40-27(36)2/h15-22,24H,3-14,23,25-26H2,1-2H3/p+1. The maximum atomic E-state index is 14.5. The second kappa shape index (κ2) is 18.4. The predicted octanol–water partition coefficient (Wildman–Crippen LogP) is 8.63. The van der Waals surface area contributed by atoms with Gasteiger partial charge in [0.2, 0.25) is 5.01 Å². The molecule has 218 valence electrons. The zero-order chi connectivity index (χ0) is 28.4. The Hall–Kier alpha value is -2.93. The first kappa shape index (κ1) is 31.6. The van der Waals surface area contributed by atoms with Gasteiger partial charge in [0.1, 0.15) is 0 Å². The maximum Gasteiger partial charge on any atom is 0.262 e. The average molecular weight is 570 g/mol. The van der Waals surface area contributed by atoms with E-state index in [0.29, 0.717) is 12.3 Å². The third kappa shape index (κ3) is 11.7. The Labute approximate surface area is 243 Å². The number of rotatable bonds is 20. The zero-order valence-corrected chi connectivity index (χ0v) is 25.1. The van der Waals surface area contributed by atoms with Crippen LogP contribution in [0.1, 0.15) is 94.5 Å². The van der Waals surface area contributed by atoms with Crippen molar-refractivity contribution in [2.24, 2.45) is 0 Å². The van der Waals surface area contributed by atoms with E-state index in [1.165, 1.54) is 75.3 Å². The fourth-order valence-electron chi connectivity index (χ4n) is 4.63. The highest BCUT2D eigenvalue weighted by atomic mass is 32.1. The summed E-state index contributed by atoms with van der Waals surface area (Å²) in [5.41, 5.74) is 1.84. The molecule has 1 heterocycles. The second-order valence-corrected chi connectivity index (χ2v) is 11.5. The van der Waals surface area contributed by atoms with Crippen molar-refractivity contribution in [3.63, 3.8) is 0 Å². The number of thiazole rings is 1. The molecule has 0 radical (unpaired) electrons. The van der Waals surface area contributed by atoms with Gasteiger partial charge >= 0.3 is 0 Å². The number of para-hydroxylation sites is 1. The Morgan fingerprint density at radius 1 is 0.875 bits per heavy atom. The smallest absolute Gasteiger partial charge is 0.262 e. The number of hydrogen-bond acceptors (Lipinski definition) is 4. The summed E-state index contributed by atoms with van der Waals surface area (Å²) in [4.78, 5) is 12.5. The van der Waals surface area contributed by atoms with Gasteiger partial charge in [-0.2, -0.15) is 4.57 Å². The van der Waals surface area contributed by atoms with Crippen molar-refractivity contribution < 1.29 is 23.2 Å². The number of nitrogens with zero attached hydrogens (tertiary/aromatic N) is 1. The number of halogens is 1. The Bertz CT molecular complexity index is 1130. The largest absolute Gasteiger partial charge is 0.487 e. The van der Waals surface area contributed by atoms with E-state index >= 15 is 0 Å². The van der Waals surface area contributed by atoms with Crippen molar-refractivity contribution in [1.82, 2.24) is 0 Å². The molecular formula is C33H46FN2O3S+. The number of ether oxygens (including phenoxy) is 2. The van der Waals surface area contributed by atoms with Crippen LogP contribution in [0.5, 0.6) is 11.5 Å². The molecule has 5 nitrogen and oxygen atoms in total. The number of amides is 1. The Kier molecular flexibility index (Phi) is 14.6. The van der Waals surface area contributed by atoms with Gasteiger partial charge in [-0.1, -0.05) is 107 Å². The molecule has 7 heteroatoms. The highest BCUT2D eigenvalue weighted by molar-refractivity contribution is 7.09. The lowest BCUT2D eigenvalue weighted by atomic mass is 10.1. The van der Waals surface area contributed by atoms with E-state index in [4.69, 9.17) is 9.47 Å². The van der Waals surface area contributed by atoms with Crippen LogP contribution >= 0.6 is 11.3 Å². The molecule has 0 fully saturated rings. The molecule has 0 saturated carbocycles. The fraction of sp³-hybridized carbons (Fsp3) is 0.515. The summed E-state index contributed by atoms with van der Waals surface area (Å²) in [6.45, 7) is 5.33. The number of carbonyl (C=O) groups excluding carboxylic acids is 1. The highest BCUT2D eigenvalue weighted by Crippen LogP contribution is 2.30. The van der Waals surface area contributed by atoms with Crippen LogP contribution in [0.4, 0.5) is 10.1 Å². The molecule has 40 heavy (non-hydrogen) atoms. The summed E-state index contributed by atoms with van der Waals surface area (Å²) in [5, 5.41) is 6.14. The Balaban J connectivity index is 1.32. The summed E-state index contributed by atoms with van der Waals surface area (Å²) in [5.74, 6) is -0.477. The number of aromatic nitrogens is 1. The van der Waals surface area contributed by atoms with Crippen molar-refractivity contribution in [3.05, 3.63) is 70.4 Å². The summed E-state index contributed by atoms with van der Waals surface area (Å²) in [6, 6.07) is 12.3. The lowest BCUT2D eigenvalue weighted by Crippen LogP contribution is -2.34. The molecule has 0 spiro atoms. The zero-order valence-electron chi connectivity index (χ0n) is 24.3. The summed E-state index contributed by atoms with van der Waals surface area (Å²) in [6.07, 6.45) is 17.2. The molecule has 0 unspecified atom stereocenters. The van der Waals surface area contributed by atoms with Crippen LogP contribution in [0.25, 0.3) is 0 Å². The Morgan fingerprint density at radius 2 is 1.52 bits per heavy atom. The minimum Gasteiger partial charge on any atom is -0.487 e.